The Morgan fingerprint density at radius 1 is 1.10 bits per heavy atom. The van der Waals surface area contributed by atoms with Gasteiger partial charge in [0.25, 0.3) is 0 Å². The summed E-state index contributed by atoms with van der Waals surface area (Å²) in [7, 11) is -3.72. The second-order valence-corrected chi connectivity index (χ2v) is 9.81. The fourth-order valence-corrected chi connectivity index (χ4v) is 6.10. The molecule has 1 heterocycles. The number of carbonyl (C=O) groups excluding carboxylic acids is 1. The molecule has 2 aromatic carbocycles. The molecule has 0 unspecified atom stereocenters. The number of ketones is 1. The zero-order valence-corrected chi connectivity index (χ0v) is 18.8. The Labute approximate surface area is 184 Å². The summed E-state index contributed by atoms with van der Waals surface area (Å²) in [6, 6.07) is 12.0. The number of benzene rings is 2. The van der Waals surface area contributed by atoms with E-state index >= 15 is 0 Å². The molecule has 3 aromatic rings. The summed E-state index contributed by atoms with van der Waals surface area (Å²) in [5.41, 5.74) is 6.93. The number of hydrogen-bond acceptors (Lipinski definition) is 7. The van der Waals surface area contributed by atoms with Gasteiger partial charge >= 0.3 is 0 Å². The Hall–Kier alpha value is -2.91. The second kappa shape index (κ2) is 9.49. The van der Waals surface area contributed by atoms with Crippen LogP contribution in [0.25, 0.3) is 0 Å². The first-order valence-corrected chi connectivity index (χ1v) is 12.2. The third kappa shape index (κ3) is 5.05. The van der Waals surface area contributed by atoms with Gasteiger partial charge in [-0.1, -0.05) is 6.92 Å². The van der Waals surface area contributed by atoms with Crippen LogP contribution < -0.4 is 15.8 Å². The molecule has 31 heavy (non-hydrogen) atoms. The standard InChI is InChI=1S/C22H23FN2O4S2/c1-3-13-31(27,28)21-18(24)20(19(26)14-5-7-15(23)8-6-14)30-22(21)25-16-9-11-17(12-10-16)29-4-2/h5-12,25H,3-4,13,24H2,1-2H3. The highest BCUT2D eigenvalue weighted by Crippen LogP contribution is 2.42. The number of ether oxygens (including phenoxy) is 1. The van der Waals surface area contributed by atoms with Crippen LogP contribution in [0.5, 0.6) is 5.75 Å². The molecule has 6 nitrogen and oxygen atoms in total. The molecule has 9 heteroatoms. The van der Waals surface area contributed by atoms with E-state index in [4.69, 9.17) is 10.5 Å². The lowest BCUT2D eigenvalue weighted by Gasteiger charge is -2.10. The number of nitrogens with two attached hydrogens (primary N) is 1. The number of sulfone groups is 1. The van der Waals surface area contributed by atoms with E-state index in [0.29, 0.717) is 24.5 Å². The Morgan fingerprint density at radius 2 is 1.74 bits per heavy atom. The van der Waals surface area contributed by atoms with Crippen LogP contribution in [0.3, 0.4) is 0 Å². The summed E-state index contributed by atoms with van der Waals surface area (Å²) in [6.07, 6.45) is 0.404. The van der Waals surface area contributed by atoms with Gasteiger partial charge in [-0.25, -0.2) is 12.8 Å². The van der Waals surface area contributed by atoms with E-state index in [1.807, 2.05) is 6.92 Å². The van der Waals surface area contributed by atoms with E-state index in [2.05, 4.69) is 5.32 Å². The lowest BCUT2D eigenvalue weighted by atomic mass is 10.1. The molecule has 0 radical (unpaired) electrons. The van der Waals surface area contributed by atoms with Gasteiger partial charge in [0, 0.05) is 11.3 Å². The van der Waals surface area contributed by atoms with Crippen molar-refractivity contribution in [1.29, 1.82) is 0 Å². The number of thiophene rings is 1. The molecule has 0 saturated heterocycles. The molecule has 0 fully saturated rings. The number of nitrogen functional groups attached to an aromatic ring is 1. The number of nitrogens with one attached hydrogen (secondary N) is 1. The van der Waals surface area contributed by atoms with Crippen LogP contribution >= 0.6 is 11.3 Å². The smallest absolute Gasteiger partial charge is 0.205 e. The van der Waals surface area contributed by atoms with Gasteiger partial charge in [-0.15, -0.1) is 11.3 Å². The molecule has 0 aliphatic carbocycles. The summed E-state index contributed by atoms with van der Waals surface area (Å²) >= 11 is 0.965. The molecule has 0 saturated carbocycles. The third-order valence-electron chi connectivity index (χ3n) is 4.42. The van der Waals surface area contributed by atoms with Gasteiger partial charge in [-0.05, 0) is 61.9 Å². The van der Waals surface area contributed by atoms with Crippen molar-refractivity contribution in [2.75, 3.05) is 23.4 Å². The highest BCUT2D eigenvalue weighted by molar-refractivity contribution is 7.92. The van der Waals surface area contributed by atoms with Gasteiger partial charge in [-0.3, -0.25) is 4.79 Å². The normalized spacial score (nSPS) is 11.3. The van der Waals surface area contributed by atoms with Crippen molar-refractivity contribution in [3.05, 3.63) is 64.8 Å². The number of anilines is 3. The largest absolute Gasteiger partial charge is 0.494 e. The zero-order valence-electron chi connectivity index (χ0n) is 17.1. The van der Waals surface area contributed by atoms with Crippen molar-refractivity contribution in [3.63, 3.8) is 0 Å². The predicted molar refractivity (Wildman–Crippen MR) is 122 cm³/mol. The molecule has 3 rings (SSSR count). The lowest BCUT2D eigenvalue weighted by molar-refractivity contribution is 0.104. The monoisotopic (exact) mass is 462 g/mol. The van der Waals surface area contributed by atoms with Crippen molar-refractivity contribution >= 4 is 43.3 Å². The topological polar surface area (TPSA) is 98.5 Å². The maximum Gasteiger partial charge on any atom is 0.205 e. The van der Waals surface area contributed by atoms with Crippen LogP contribution in [-0.2, 0) is 9.84 Å². The minimum absolute atomic E-state index is 0.0845. The number of halogens is 1. The molecule has 0 aliphatic rings. The fourth-order valence-electron chi connectivity index (χ4n) is 3.02. The fraction of sp³-hybridized carbons (Fsp3) is 0.227. The molecule has 3 N–H and O–H groups in total. The quantitative estimate of drug-likeness (QED) is 0.433. The van der Waals surface area contributed by atoms with Gasteiger partial charge in [0.2, 0.25) is 5.78 Å². The van der Waals surface area contributed by atoms with Crippen molar-refractivity contribution in [3.8, 4) is 5.75 Å². The van der Waals surface area contributed by atoms with Crippen LogP contribution in [0.15, 0.2) is 53.4 Å². The predicted octanol–water partition coefficient (Wildman–Crippen LogP) is 5.03. The van der Waals surface area contributed by atoms with Gasteiger partial charge in [0.05, 0.1) is 18.0 Å². The molecule has 0 spiro atoms. The Balaban J connectivity index is 2.05. The average molecular weight is 463 g/mol. The van der Waals surface area contributed by atoms with Crippen molar-refractivity contribution in [2.45, 2.75) is 25.2 Å². The van der Waals surface area contributed by atoms with Gasteiger partial charge in [0.1, 0.15) is 26.3 Å². The Morgan fingerprint density at radius 3 is 2.32 bits per heavy atom. The van der Waals surface area contributed by atoms with E-state index in [0.717, 1.165) is 11.3 Å². The van der Waals surface area contributed by atoms with Crippen LogP contribution in [0.1, 0.15) is 35.5 Å². The van der Waals surface area contributed by atoms with Crippen molar-refractivity contribution < 1.29 is 22.3 Å². The average Bonchev–Trinajstić information content (AvgIpc) is 3.06. The number of carbonyl (C=O) groups is 1. The van der Waals surface area contributed by atoms with Crippen LogP contribution in [0.4, 0.5) is 20.8 Å². The summed E-state index contributed by atoms with van der Waals surface area (Å²) in [5.74, 6) is -0.351. The third-order valence-corrected chi connectivity index (χ3v) is 7.66. The number of rotatable bonds is 9. The van der Waals surface area contributed by atoms with E-state index in [-0.39, 0.29) is 31.8 Å². The van der Waals surface area contributed by atoms with E-state index in [1.165, 1.54) is 24.3 Å². The van der Waals surface area contributed by atoms with E-state index in [9.17, 15) is 17.6 Å². The summed E-state index contributed by atoms with van der Waals surface area (Å²) in [4.78, 5) is 13.0. The summed E-state index contributed by atoms with van der Waals surface area (Å²) in [6.45, 7) is 4.16. The van der Waals surface area contributed by atoms with Crippen molar-refractivity contribution in [2.24, 2.45) is 0 Å². The maximum atomic E-state index is 13.2. The summed E-state index contributed by atoms with van der Waals surface area (Å²) < 4.78 is 44.5. The minimum Gasteiger partial charge on any atom is -0.494 e. The molecule has 0 amide bonds. The highest BCUT2D eigenvalue weighted by Gasteiger charge is 2.30. The molecular formula is C22H23FN2O4S2. The van der Waals surface area contributed by atoms with Gasteiger partial charge in [-0.2, -0.15) is 0 Å². The Bertz CT molecular complexity index is 1170. The SMILES string of the molecule is CCCS(=O)(=O)c1c(Nc2ccc(OCC)cc2)sc(C(=O)c2ccc(F)cc2)c1N. The van der Waals surface area contributed by atoms with Crippen LogP contribution in [0.2, 0.25) is 0 Å². The zero-order chi connectivity index (χ0) is 22.6. The first-order valence-electron chi connectivity index (χ1n) is 9.72. The molecular weight excluding hydrogens is 439 g/mol. The maximum absolute atomic E-state index is 13.2. The van der Waals surface area contributed by atoms with Gasteiger partial charge in [0.15, 0.2) is 9.84 Å². The van der Waals surface area contributed by atoms with Crippen molar-refractivity contribution in [1.82, 2.24) is 0 Å². The molecule has 0 bridgehead atoms. The molecule has 1 aromatic heterocycles. The van der Waals surface area contributed by atoms with Crippen LogP contribution in [0, 0.1) is 5.82 Å². The first-order chi connectivity index (χ1) is 14.8. The number of hydrogen-bond donors (Lipinski definition) is 2. The molecule has 164 valence electrons. The van der Waals surface area contributed by atoms with Crippen LogP contribution in [-0.4, -0.2) is 26.6 Å². The second-order valence-electron chi connectivity index (χ2n) is 6.74. The summed E-state index contributed by atoms with van der Waals surface area (Å²) in [5, 5.41) is 3.34. The van der Waals surface area contributed by atoms with Gasteiger partial charge < -0.3 is 15.8 Å². The highest BCUT2D eigenvalue weighted by atomic mass is 32.2. The first kappa shape index (κ1) is 22.8. The Kier molecular flexibility index (Phi) is 6.97. The van der Waals surface area contributed by atoms with E-state index in [1.54, 1.807) is 31.2 Å². The molecule has 0 atom stereocenters. The van der Waals surface area contributed by atoms with E-state index < -0.39 is 21.4 Å². The molecule has 0 aliphatic heterocycles. The lowest BCUT2D eigenvalue weighted by Crippen LogP contribution is -2.10. The minimum atomic E-state index is -3.72.